The van der Waals surface area contributed by atoms with Gasteiger partial charge in [-0.15, -0.1) is 10.1 Å². The lowest BCUT2D eigenvalue weighted by Crippen LogP contribution is -2.25. The SMILES string of the molecule is Cc1ccccc1P(c1ccccc1C)c1ccccc1C.O=[N+]([O-])O. The van der Waals surface area contributed by atoms with Crippen LogP contribution in [-0.4, -0.2) is 10.3 Å². The van der Waals surface area contributed by atoms with Crippen LogP contribution in [0.4, 0.5) is 0 Å². The third-order valence-corrected chi connectivity index (χ3v) is 7.02. The first-order valence-corrected chi connectivity index (χ1v) is 9.56. The number of hydrogen-bond acceptors (Lipinski definition) is 2. The Morgan fingerprint density at radius 1 is 0.692 bits per heavy atom. The van der Waals surface area contributed by atoms with E-state index in [0.29, 0.717) is 0 Å². The van der Waals surface area contributed by atoms with Gasteiger partial charge < -0.3 is 5.21 Å². The maximum Gasteiger partial charge on any atom is 0.291 e. The van der Waals surface area contributed by atoms with Crippen LogP contribution in [0.3, 0.4) is 0 Å². The summed E-state index contributed by atoms with van der Waals surface area (Å²) in [6.45, 7) is 6.67. The van der Waals surface area contributed by atoms with Gasteiger partial charge in [0.1, 0.15) is 0 Å². The molecule has 0 bridgehead atoms. The maximum atomic E-state index is 8.36. The standard InChI is InChI=1S/C21H21P.HNO3/c1-16-10-4-7-13-19(16)22(20-14-8-5-11-17(20)2)21-15-9-6-12-18(21)3;2-1(3)4/h4-15H,1-3H3;(H,2,3,4). The van der Waals surface area contributed by atoms with Gasteiger partial charge in [0.15, 0.2) is 0 Å². The van der Waals surface area contributed by atoms with Crippen molar-refractivity contribution in [2.24, 2.45) is 0 Å². The zero-order valence-corrected chi connectivity index (χ0v) is 16.0. The van der Waals surface area contributed by atoms with E-state index in [1.165, 1.54) is 32.6 Å². The molecule has 0 amide bonds. The minimum atomic E-state index is -1.50. The van der Waals surface area contributed by atoms with Crippen LogP contribution in [0.5, 0.6) is 0 Å². The number of benzene rings is 3. The molecule has 0 aliphatic rings. The molecule has 0 saturated carbocycles. The fourth-order valence-corrected chi connectivity index (χ4v) is 5.60. The van der Waals surface area contributed by atoms with Crippen molar-refractivity contribution in [2.45, 2.75) is 20.8 Å². The zero-order valence-electron chi connectivity index (χ0n) is 15.1. The first kappa shape index (κ1) is 19.6. The second-order valence-corrected chi connectivity index (χ2v) is 8.05. The summed E-state index contributed by atoms with van der Waals surface area (Å²) >= 11 is 0. The molecule has 0 heterocycles. The number of aryl methyl sites for hydroxylation is 3. The van der Waals surface area contributed by atoms with Crippen molar-refractivity contribution < 1.29 is 10.3 Å². The molecule has 134 valence electrons. The van der Waals surface area contributed by atoms with Crippen LogP contribution in [0, 0.1) is 30.9 Å². The highest BCUT2D eigenvalue weighted by Gasteiger charge is 2.20. The molecule has 3 aromatic carbocycles. The Hall–Kier alpha value is -2.71. The lowest BCUT2D eigenvalue weighted by molar-refractivity contribution is -0.742. The predicted octanol–water partition coefficient (Wildman–Crippen LogP) is 4.02. The van der Waals surface area contributed by atoms with Crippen molar-refractivity contribution in [1.82, 2.24) is 0 Å². The molecule has 0 fully saturated rings. The summed E-state index contributed by atoms with van der Waals surface area (Å²) < 4.78 is 0. The smallest absolute Gasteiger partial charge is 0.291 e. The van der Waals surface area contributed by atoms with Crippen molar-refractivity contribution in [2.75, 3.05) is 0 Å². The molecule has 1 N–H and O–H groups in total. The quantitative estimate of drug-likeness (QED) is 0.432. The van der Waals surface area contributed by atoms with Crippen LogP contribution in [0.2, 0.25) is 0 Å². The summed E-state index contributed by atoms with van der Waals surface area (Å²) in [6.07, 6.45) is 0. The predicted molar refractivity (Wildman–Crippen MR) is 108 cm³/mol. The van der Waals surface area contributed by atoms with Crippen molar-refractivity contribution in [1.29, 1.82) is 0 Å². The van der Waals surface area contributed by atoms with Crippen molar-refractivity contribution in [3.8, 4) is 0 Å². The molecule has 5 heteroatoms. The lowest BCUT2D eigenvalue weighted by Gasteiger charge is -2.24. The highest BCUT2D eigenvalue weighted by Crippen LogP contribution is 2.36. The molecule has 0 spiro atoms. The monoisotopic (exact) mass is 367 g/mol. The Labute approximate surface area is 155 Å². The first-order chi connectivity index (χ1) is 12.4. The molecule has 3 rings (SSSR count). The maximum absolute atomic E-state index is 8.36. The summed E-state index contributed by atoms with van der Waals surface area (Å²) in [5.74, 6) is 0. The van der Waals surface area contributed by atoms with Crippen molar-refractivity contribution >= 4 is 23.8 Å². The van der Waals surface area contributed by atoms with E-state index < -0.39 is 13.0 Å². The molecule has 3 aromatic rings. The molecule has 0 aliphatic carbocycles. The van der Waals surface area contributed by atoms with Gasteiger partial charge in [-0.05, 0) is 61.3 Å². The summed E-state index contributed by atoms with van der Waals surface area (Å²) in [7, 11) is -0.508. The van der Waals surface area contributed by atoms with Gasteiger partial charge in [0.05, 0.1) is 0 Å². The van der Waals surface area contributed by atoms with Gasteiger partial charge in [0.2, 0.25) is 0 Å². The number of rotatable bonds is 3. The van der Waals surface area contributed by atoms with E-state index in [0.717, 1.165) is 0 Å². The Morgan fingerprint density at radius 3 is 1.15 bits per heavy atom. The van der Waals surface area contributed by atoms with E-state index in [9.17, 15) is 0 Å². The second kappa shape index (κ2) is 9.12. The Morgan fingerprint density at radius 2 is 0.923 bits per heavy atom. The van der Waals surface area contributed by atoms with Gasteiger partial charge in [-0.25, -0.2) is 0 Å². The summed E-state index contributed by atoms with van der Waals surface area (Å²) in [4.78, 5) is 8.36. The summed E-state index contributed by atoms with van der Waals surface area (Å²) in [5, 5.41) is 18.0. The number of hydrogen-bond donors (Lipinski definition) is 1. The average molecular weight is 367 g/mol. The first-order valence-electron chi connectivity index (χ1n) is 8.22. The van der Waals surface area contributed by atoms with Crippen molar-refractivity contribution in [3.63, 3.8) is 0 Å². The van der Waals surface area contributed by atoms with E-state index in [4.69, 9.17) is 15.3 Å². The van der Waals surface area contributed by atoms with Gasteiger partial charge in [-0.2, -0.15) is 0 Å². The summed E-state index contributed by atoms with van der Waals surface area (Å²) in [5.41, 5.74) is 4.13. The van der Waals surface area contributed by atoms with Gasteiger partial charge in [-0.3, -0.25) is 0 Å². The van der Waals surface area contributed by atoms with Crippen LogP contribution in [0.15, 0.2) is 72.8 Å². The molecule has 26 heavy (non-hydrogen) atoms. The molecule has 0 radical (unpaired) electrons. The van der Waals surface area contributed by atoms with Crippen LogP contribution in [-0.2, 0) is 0 Å². The molecule has 4 nitrogen and oxygen atoms in total. The zero-order chi connectivity index (χ0) is 19.1. The Bertz CT molecular complexity index is 784. The molecular formula is C21H22NO3P. The molecule has 0 unspecified atom stereocenters. The van der Waals surface area contributed by atoms with Gasteiger partial charge in [-0.1, -0.05) is 72.8 Å². The third kappa shape index (κ3) is 4.90. The van der Waals surface area contributed by atoms with E-state index in [2.05, 4.69) is 93.6 Å². The highest BCUT2D eigenvalue weighted by molar-refractivity contribution is 7.80. The minimum absolute atomic E-state index is 0.508. The molecule has 0 aromatic heterocycles. The summed E-state index contributed by atoms with van der Waals surface area (Å²) in [6, 6.07) is 26.4. The molecular weight excluding hydrogens is 345 g/mol. The normalized spacial score (nSPS) is 10.2. The van der Waals surface area contributed by atoms with Gasteiger partial charge in [0, 0.05) is 0 Å². The van der Waals surface area contributed by atoms with Gasteiger partial charge in [0.25, 0.3) is 5.09 Å². The third-order valence-electron chi connectivity index (χ3n) is 4.07. The fraction of sp³-hybridized carbons (Fsp3) is 0.143. The average Bonchev–Trinajstić information content (AvgIpc) is 2.59. The van der Waals surface area contributed by atoms with E-state index >= 15 is 0 Å². The largest absolute Gasteiger partial charge is 0.328 e. The van der Waals surface area contributed by atoms with Crippen LogP contribution < -0.4 is 15.9 Å². The minimum Gasteiger partial charge on any atom is -0.328 e. The van der Waals surface area contributed by atoms with E-state index in [1.54, 1.807) is 0 Å². The molecule has 0 saturated heterocycles. The van der Waals surface area contributed by atoms with E-state index in [1.807, 2.05) is 0 Å². The lowest BCUT2D eigenvalue weighted by atomic mass is 10.2. The van der Waals surface area contributed by atoms with Crippen LogP contribution in [0.25, 0.3) is 0 Å². The highest BCUT2D eigenvalue weighted by atomic mass is 31.1. The van der Waals surface area contributed by atoms with E-state index in [-0.39, 0.29) is 0 Å². The van der Waals surface area contributed by atoms with Crippen LogP contribution in [0.1, 0.15) is 16.7 Å². The second-order valence-electron chi connectivity index (χ2n) is 5.93. The Balaban J connectivity index is 0.000000552. The molecule has 0 aliphatic heterocycles. The fourth-order valence-electron chi connectivity index (χ4n) is 2.83. The number of nitrogens with zero attached hydrogens (tertiary/aromatic N) is 1. The van der Waals surface area contributed by atoms with Gasteiger partial charge >= 0.3 is 0 Å². The molecule has 0 atom stereocenters. The van der Waals surface area contributed by atoms with Crippen LogP contribution >= 0.6 is 7.92 Å². The van der Waals surface area contributed by atoms with Crippen molar-refractivity contribution in [3.05, 3.63) is 99.6 Å². The Kier molecular flexibility index (Phi) is 6.88. The topological polar surface area (TPSA) is 63.4 Å².